The fraction of sp³-hybridized carbons (Fsp3) is 1.00. The summed E-state index contributed by atoms with van der Waals surface area (Å²) in [5, 5.41) is 3.59. The van der Waals surface area contributed by atoms with Crippen molar-refractivity contribution < 1.29 is 0 Å². The maximum atomic E-state index is 3.59. The second-order valence-electron chi connectivity index (χ2n) is 6.33. The van der Waals surface area contributed by atoms with Gasteiger partial charge in [-0.2, -0.15) is 0 Å². The Bertz CT molecular complexity index is 180. The highest BCUT2D eigenvalue weighted by Gasteiger charge is 2.24. The molecule has 0 heterocycles. The van der Waals surface area contributed by atoms with Gasteiger partial charge in [0.2, 0.25) is 0 Å². The summed E-state index contributed by atoms with van der Waals surface area (Å²) in [7, 11) is 2.26. The molecule has 0 aromatic heterocycles. The summed E-state index contributed by atoms with van der Waals surface area (Å²) in [5.74, 6) is 0.759. The van der Waals surface area contributed by atoms with Gasteiger partial charge in [0.15, 0.2) is 0 Å². The Kier molecular flexibility index (Phi) is 8.89. The first kappa shape index (κ1) is 16.9. The van der Waals surface area contributed by atoms with Gasteiger partial charge < -0.3 is 10.2 Å². The Morgan fingerprint density at radius 3 is 2.29 bits per heavy atom. The predicted molar refractivity (Wildman–Crippen MR) is 78.5 cm³/mol. The van der Waals surface area contributed by atoms with Gasteiger partial charge in [-0.25, -0.2) is 0 Å². The van der Waals surface area contributed by atoms with E-state index in [0.29, 0.717) is 5.41 Å². The van der Waals surface area contributed by atoms with E-state index in [1.54, 1.807) is 0 Å². The van der Waals surface area contributed by atoms with Crippen LogP contribution in [-0.4, -0.2) is 38.1 Å². The minimum absolute atomic E-state index is 0.424. The molecule has 0 bridgehead atoms. The fourth-order valence-electron chi connectivity index (χ4n) is 2.73. The highest BCUT2D eigenvalue weighted by Crippen LogP contribution is 2.23. The summed E-state index contributed by atoms with van der Waals surface area (Å²) >= 11 is 0. The van der Waals surface area contributed by atoms with Crippen LogP contribution < -0.4 is 5.32 Å². The molecule has 0 spiro atoms. The molecular weight excluding hydrogens is 208 g/mol. The van der Waals surface area contributed by atoms with Crippen LogP contribution in [0.4, 0.5) is 0 Å². The van der Waals surface area contributed by atoms with Crippen LogP contribution in [-0.2, 0) is 0 Å². The first-order valence-corrected chi connectivity index (χ1v) is 7.32. The number of hydrogen-bond acceptors (Lipinski definition) is 2. The van der Waals surface area contributed by atoms with Crippen LogP contribution in [0, 0.1) is 11.3 Å². The molecule has 104 valence electrons. The lowest BCUT2D eigenvalue weighted by molar-refractivity contribution is 0.162. The fourth-order valence-corrected chi connectivity index (χ4v) is 2.73. The van der Waals surface area contributed by atoms with Crippen LogP contribution in [0.1, 0.15) is 53.9 Å². The quantitative estimate of drug-likeness (QED) is 0.591. The molecule has 1 N–H and O–H groups in total. The standard InChI is InChI=1S/C15H34N2/c1-7-9-15(5,12-16-10-8-2)13-17(6)11-14(3)4/h14,16H,7-13H2,1-6H3. The molecule has 17 heavy (non-hydrogen) atoms. The maximum Gasteiger partial charge on any atom is 0.00445 e. The zero-order valence-electron chi connectivity index (χ0n) is 13.0. The van der Waals surface area contributed by atoms with Crippen molar-refractivity contribution in [3.63, 3.8) is 0 Å². The molecule has 1 unspecified atom stereocenters. The molecule has 0 rings (SSSR count). The largest absolute Gasteiger partial charge is 0.316 e. The normalized spacial score (nSPS) is 15.5. The van der Waals surface area contributed by atoms with Gasteiger partial charge in [0.25, 0.3) is 0 Å². The SMILES string of the molecule is CCCNCC(C)(CCC)CN(C)CC(C)C. The van der Waals surface area contributed by atoms with Crippen molar-refractivity contribution in [1.29, 1.82) is 0 Å². The maximum absolute atomic E-state index is 3.59. The second-order valence-corrected chi connectivity index (χ2v) is 6.33. The van der Waals surface area contributed by atoms with E-state index in [-0.39, 0.29) is 0 Å². The van der Waals surface area contributed by atoms with E-state index < -0.39 is 0 Å². The third-order valence-corrected chi connectivity index (χ3v) is 3.16. The van der Waals surface area contributed by atoms with Gasteiger partial charge in [-0.15, -0.1) is 0 Å². The van der Waals surface area contributed by atoms with Crippen molar-refractivity contribution in [2.24, 2.45) is 11.3 Å². The smallest absolute Gasteiger partial charge is 0.00445 e. The average Bonchev–Trinajstić information content (AvgIpc) is 2.16. The van der Waals surface area contributed by atoms with Crippen LogP contribution in [0.5, 0.6) is 0 Å². The van der Waals surface area contributed by atoms with E-state index in [2.05, 4.69) is 51.9 Å². The number of rotatable bonds is 10. The second kappa shape index (κ2) is 8.93. The summed E-state index contributed by atoms with van der Waals surface area (Å²) < 4.78 is 0. The van der Waals surface area contributed by atoms with Crippen LogP contribution in [0.25, 0.3) is 0 Å². The topological polar surface area (TPSA) is 15.3 Å². The van der Waals surface area contributed by atoms with E-state index in [1.807, 2.05) is 0 Å². The Morgan fingerprint density at radius 2 is 1.82 bits per heavy atom. The molecule has 2 heteroatoms. The summed E-state index contributed by atoms with van der Waals surface area (Å²) in [6, 6.07) is 0. The lowest BCUT2D eigenvalue weighted by Gasteiger charge is -2.35. The van der Waals surface area contributed by atoms with E-state index in [9.17, 15) is 0 Å². The molecule has 0 radical (unpaired) electrons. The lowest BCUT2D eigenvalue weighted by Crippen LogP contribution is -2.42. The van der Waals surface area contributed by atoms with Crippen molar-refractivity contribution in [3.05, 3.63) is 0 Å². The third-order valence-electron chi connectivity index (χ3n) is 3.16. The molecule has 0 amide bonds. The Balaban J connectivity index is 4.17. The third kappa shape index (κ3) is 8.62. The van der Waals surface area contributed by atoms with Crippen molar-refractivity contribution >= 4 is 0 Å². The molecule has 2 nitrogen and oxygen atoms in total. The van der Waals surface area contributed by atoms with Gasteiger partial charge in [-0.3, -0.25) is 0 Å². The Morgan fingerprint density at radius 1 is 1.18 bits per heavy atom. The molecule has 1 atom stereocenters. The Labute approximate surface area is 109 Å². The molecular formula is C15H34N2. The first-order valence-electron chi connectivity index (χ1n) is 7.32. The molecule has 0 aromatic rings. The summed E-state index contributed by atoms with van der Waals surface area (Å²) in [5.41, 5.74) is 0.424. The van der Waals surface area contributed by atoms with Crippen molar-refractivity contribution in [2.75, 3.05) is 33.2 Å². The molecule has 0 saturated heterocycles. The monoisotopic (exact) mass is 242 g/mol. The van der Waals surface area contributed by atoms with Gasteiger partial charge in [0.05, 0.1) is 0 Å². The van der Waals surface area contributed by atoms with E-state index in [4.69, 9.17) is 0 Å². The molecule has 0 saturated carbocycles. The minimum atomic E-state index is 0.424. The zero-order valence-corrected chi connectivity index (χ0v) is 13.0. The molecule has 0 fully saturated rings. The minimum Gasteiger partial charge on any atom is -0.316 e. The summed E-state index contributed by atoms with van der Waals surface area (Å²) in [6.45, 7) is 16.2. The van der Waals surface area contributed by atoms with Crippen LogP contribution in [0.2, 0.25) is 0 Å². The number of nitrogens with one attached hydrogen (secondary N) is 1. The summed E-state index contributed by atoms with van der Waals surface area (Å²) in [4.78, 5) is 2.49. The summed E-state index contributed by atoms with van der Waals surface area (Å²) in [6.07, 6.45) is 3.82. The van der Waals surface area contributed by atoms with Crippen LogP contribution in [0.3, 0.4) is 0 Å². The number of hydrogen-bond donors (Lipinski definition) is 1. The van der Waals surface area contributed by atoms with Gasteiger partial charge in [-0.05, 0) is 37.8 Å². The lowest BCUT2D eigenvalue weighted by atomic mass is 9.84. The molecule has 0 aliphatic carbocycles. The highest BCUT2D eigenvalue weighted by molar-refractivity contribution is 4.80. The first-order chi connectivity index (χ1) is 7.93. The molecule has 0 aromatic carbocycles. The van der Waals surface area contributed by atoms with Gasteiger partial charge >= 0.3 is 0 Å². The number of nitrogens with zero attached hydrogens (tertiary/aromatic N) is 1. The van der Waals surface area contributed by atoms with Crippen LogP contribution in [0.15, 0.2) is 0 Å². The van der Waals surface area contributed by atoms with Gasteiger partial charge in [0, 0.05) is 19.6 Å². The van der Waals surface area contributed by atoms with Crippen LogP contribution >= 0.6 is 0 Å². The van der Waals surface area contributed by atoms with E-state index >= 15 is 0 Å². The average molecular weight is 242 g/mol. The van der Waals surface area contributed by atoms with Gasteiger partial charge in [0.1, 0.15) is 0 Å². The Hall–Kier alpha value is -0.0800. The van der Waals surface area contributed by atoms with Crippen molar-refractivity contribution in [2.45, 2.75) is 53.9 Å². The molecule has 0 aliphatic rings. The highest BCUT2D eigenvalue weighted by atomic mass is 15.1. The zero-order chi connectivity index (χ0) is 13.3. The van der Waals surface area contributed by atoms with Gasteiger partial charge in [-0.1, -0.05) is 41.0 Å². The molecule has 0 aliphatic heterocycles. The predicted octanol–water partition coefficient (Wildman–Crippen LogP) is 3.38. The van der Waals surface area contributed by atoms with E-state index in [1.165, 1.54) is 32.4 Å². The van der Waals surface area contributed by atoms with E-state index in [0.717, 1.165) is 19.0 Å². The van der Waals surface area contributed by atoms with Crippen molar-refractivity contribution in [3.8, 4) is 0 Å². The van der Waals surface area contributed by atoms with Crippen molar-refractivity contribution in [1.82, 2.24) is 10.2 Å².